The number of anilines is 1. The van der Waals surface area contributed by atoms with Gasteiger partial charge in [0, 0.05) is 18.9 Å². The van der Waals surface area contributed by atoms with Crippen molar-refractivity contribution in [2.24, 2.45) is 0 Å². The maximum absolute atomic E-state index is 12.6. The van der Waals surface area contributed by atoms with E-state index in [9.17, 15) is 9.59 Å². The van der Waals surface area contributed by atoms with Crippen LogP contribution in [0.3, 0.4) is 0 Å². The van der Waals surface area contributed by atoms with Crippen LogP contribution in [-0.2, 0) is 17.7 Å². The molecule has 0 fully saturated rings. The number of halogens is 1. The monoisotopic (exact) mass is 378 g/mol. The van der Waals surface area contributed by atoms with E-state index in [0.717, 1.165) is 30.5 Å². The number of hydrogen-bond donors (Lipinski definition) is 2. The topological polar surface area (TPSA) is 99.2 Å². The molecule has 3 rings (SSSR count). The molecule has 140 valence electrons. The summed E-state index contributed by atoms with van der Waals surface area (Å²) in [6, 6.07) is 8.53. The van der Waals surface area contributed by atoms with Gasteiger partial charge in [0.15, 0.2) is 0 Å². The fourth-order valence-electron chi connectivity index (χ4n) is 3.12. The molecule has 0 radical (unpaired) electrons. The van der Waals surface area contributed by atoms with Crippen LogP contribution >= 0.6 is 12.4 Å². The number of aryl methyl sites for hydroxylation is 1. The minimum atomic E-state index is -0.291. The number of ether oxygens (including phenoxy) is 1. The first kappa shape index (κ1) is 19.9. The third kappa shape index (κ3) is 4.42. The number of nitrogens with one attached hydrogen (secondary N) is 1. The van der Waals surface area contributed by atoms with Gasteiger partial charge in [-0.2, -0.15) is 5.10 Å². The Morgan fingerprint density at radius 3 is 2.96 bits per heavy atom. The van der Waals surface area contributed by atoms with Crippen molar-refractivity contribution in [2.45, 2.75) is 31.8 Å². The number of carbonyl (C=O) groups excluding carboxylic acids is 1. The molecule has 3 N–H and O–H groups in total. The van der Waals surface area contributed by atoms with Crippen LogP contribution in [0.1, 0.15) is 40.5 Å². The molecule has 8 heteroatoms. The number of nitrogens with two attached hydrogens (primary N) is 1. The molecule has 26 heavy (non-hydrogen) atoms. The highest BCUT2D eigenvalue weighted by molar-refractivity contribution is 5.92. The first-order valence-electron chi connectivity index (χ1n) is 8.35. The van der Waals surface area contributed by atoms with E-state index in [1.165, 1.54) is 22.4 Å². The van der Waals surface area contributed by atoms with Crippen molar-refractivity contribution in [3.8, 4) is 0 Å². The summed E-state index contributed by atoms with van der Waals surface area (Å²) in [7, 11) is 1.55. The smallest absolute Gasteiger partial charge is 0.272 e. The number of rotatable bonds is 5. The Morgan fingerprint density at radius 1 is 1.38 bits per heavy atom. The Hall–Kier alpha value is -2.38. The first-order valence-corrected chi connectivity index (χ1v) is 8.35. The normalized spacial score (nSPS) is 15.7. The van der Waals surface area contributed by atoms with Gasteiger partial charge in [0.1, 0.15) is 5.69 Å². The minimum Gasteiger partial charge on any atom is -0.399 e. The van der Waals surface area contributed by atoms with Crippen LogP contribution in [0.5, 0.6) is 0 Å². The second-order valence-electron chi connectivity index (χ2n) is 6.15. The summed E-state index contributed by atoms with van der Waals surface area (Å²) in [5.41, 5.74) is 8.82. The van der Waals surface area contributed by atoms with Crippen molar-refractivity contribution in [1.82, 2.24) is 15.1 Å². The number of benzene rings is 1. The Kier molecular flexibility index (Phi) is 6.76. The number of aromatic nitrogens is 2. The average molecular weight is 379 g/mol. The molecule has 1 aromatic carbocycles. The maximum atomic E-state index is 12.6. The Labute approximate surface area is 157 Å². The molecular formula is C18H23ClN4O3. The maximum Gasteiger partial charge on any atom is 0.272 e. The molecule has 1 atom stereocenters. The van der Waals surface area contributed by atoms with E-state index >= 15 is 0 Å². The summed E-state index contributed by atoms with van der Waals surface area (Å²) < 4.78 is 6.20. The second-order valence-corrected chi connectivity index (χ2v) is 6.15. The molecule has 1 aromatic heterocycles. The second kappa shape index (κ2) is 8.82. The van der Waals surface area contributed by atoms with Gasteiger partial charge < -0.3 is 15.8 Å². The van der Waals surface area contributed by atoms with Crippen molar-refractivity contribution in [1.29, 1.82) is 0 Å². The van der Waals surface area contributed by atoms with Gasteiger partial charge >= 0.3 is 0 Å². The van der Waals surface area contributed by atoms with E-state index in [4.69, 9.17) is 10.5 Å². The summed E-state index contributed by atoms with van der Waals surface area (Å²) in [4.78, 5) is 24.4. The van der Waals surface area contributed by atoms with Gasteiger partial charge in [-0.25, -0.2) is 4.68 Å². The van der Waals surface area contributed by atoms with Crippen molar-refractivity contribution in [2.75, 3.05) is 19.5 Å². The Morgan fingerprint density at radius 2 is 2.19 bits per heavy atom. The predicted octanol–water partition coefficient (Wildman–Crippen LogP) is 1.70. The highest BCUT2D eigenvalue weighted by Crippen LogP contribution is 2.31. The van der Waals surface area contributed by atoms with Crippen molar-refractivity contribution >= 4 is 24.0 Å². The van der Waals surface area contributed by atoms with Crippen molar-refractivity contribution in [3.05, 3.63) is 57.5 Å². The third-order valence-electron chi connectivity index (χ3n) is 4.39. The highest BCUT2D eigenvalue weighted by atomic mass is 35.5. The van der Waals surface area contributed by atoms with Gasteiger partial charge in [0.2, 0.25) is 0 Å². The van der Waals surface area contributed by atoms with Crippen LogP contribution in [-0.4, -0.2) is 29.4 Å². The molecule has 1 unspecified atom stereocenters. The summed E-state index contributed by atoms with van der Waals surface area (Å²) in [5, 5.41) is 7.16. The van der Waals surface area contributed by atoms with Gasteiger partial charge in [0.05, 0.1) is 19.2 Å². The molecule has 0 aliphatic heterocycles. The van der Waals surface area contributed by atoms with Gasteiger partial charge in [-0.05, 0) is 48.6 Å². The van der Waals surface area contributed by atoms with E-state index in [0.29, 0.717) is 13.2 Å². The van der Waals surface area contributed by atoms with E-state index < -0.39 is 0 Å². The van der Waals surface area contributed by atoms with Gasteiger partial charge in [0.25, 0.3) is 11.5 Å². The van der Waals surface area contributed by atoms with Crippen LogP contribution in [0.25, 0.3) is 0 Å². The van der Waals surface area contributed by atoms with Crippen LogP contribution in [0.4, 0.5) is 5.69 Å². The summed E-state index contributed by atoms with van der Waals surface area (Å²) in [6.45, 7) is 0.664. The summed E-state index contributed by atoms with van der Waals surface area (Å²) in [5.74, 6) is -0.291. The number of fused-ring (bicyclic) bond motifs is 1. The van der Waals surface area contributed by atoms with E-state index in [-0.39, 0.29) is 35.6 Å². The number of nitrogen functional groups attached to an aromatic ring is 1. The van der Waals surface area contributed by atoms with Gasteiger partial charge in [-0.15, -0.1) is 12.4 Å². The predicted molar refractivity (Wildman–Crippen MR) is 102 cm³/mol. The number of methoxy groups -OCH3 is 1. The van der Waals surface area contributed by atoms with E-state index in [2.05, 4.69) is 10.4 Å². The molecule has 1 aliphatic rings. The average Bonchev–Trinajstić information content (AvgIpc) is 2.61. The molecule has 1 heterocycles. The number of hydrogen-bond acceptors (Lipinski definition) is 5. The molecule has 0 saturated heterocycles. The molecule has 1 amide bonds. The zero-order valence-electron chi connectivity index (χ0n) is 14.6. The van der Waals surface area contributed by atoms with Crippen LogP contribution < -0.4 is 16.6 Å². The largest absolute Gasteiger partial charge is 0.399 e. The molecule has 0 spiro atoms. The Balaban J connectivity index is 0.00000243. The standard InChI is InChI=1S/C18H22N4O3.ClH/c1-25-10-9-22-17(23)8-7-16(21-22)18(24)20-15-4-2-3-12-11-13(19)5-6-14(12)15;/h5-8,11,15H,2-4,9-10,19H2,1H3,(H,20,24);1H. The van der Waals surface area contributed by atoms with Crippen molar-refractivity contribution < 1.29 is 9.53 Å². The fraction of sp³-hybridized carbons (Fsp3) is 0.389. The summed E-state index contributed by atoms with van der Waals surface area (Å²) >= 11 is 0. The molecule has 0 saturated carbocycles. The molecule has 0 bridgehead atoms. The lowest BCUT2D eigenvalue weighted by atomic mass is 9.87. The fourth-order valence-corrected chi connectivity index (χ4v) is 3.12. The van der Waals surface area contributed by atoms with E-state index in [1.54, 1.807) is 7.11 Å². The van der Waals surface area contributed by atoms with Crippen LogP contribution in [0, 0.1) is 0 Å². The molecule has 2 aromatic rings. The lowest BCUT2D eigenvalue weighted by molar-refractivity contribution is 0.0924. The van der Waals surface area contributed by atoms with Gasteiger partial charge in [-0.3, -0.25) is 9.59 Å². The third-order valence-corrected chi connectivity index (χ3v) is 4.39. The SMILES string of the molecule is COCCn1nc(C(=O)NC2CCCc3cc(N)ccc32)ccc1=O.Cl. The van der Waals surface area contributed by atoms with Crippen LogP contribution in [0.2, 0.25) is 0 Å². The number of carbonyl (C=O) groups is 1. The lowest BCUT2D eigenvalue weighted by Crippen LogP contribution is -2.34. The highest BCUT2D eigenvalue weighted by Gasteiger charge is 2.23. The number of nitrogens with zero attached hydrogens (tertiary/aromatic N) is 2. The molecule has 7 nitrogen and oxygen atoms in total. The molecular weight excluding hydrogens is 356 g/mol. The Bertz CT molecular complexity index is 837. The van der Waals surface area contributed by atoms with E-state index in [1.807, 2.05) is 18.2 Å². The summed E-state index contributed by atoms with van der Waals surface area (Å²) in [6.07, 6.45) is 2.82. The van der Waals surface area contributed by atoms with Crippen molar-refractivity contribution in [3.63, 3.8) is 0 Å². The van der Waals surface area contributed by atoms with Gasteiger partial charge in [-0.1, -0.05) is 6.07 Å². The quantitative estimate of drug-likeness (QED) is 0.771. The minimum absolute atomic E-state index is 0. The zero-order chi connectivity index (χ0) is 17.8. The van der Waals surface area contributed by atoms with Crippen LogP contribution in [0.15, 0.2) is 35.1 Å². The zero-order valence-corrected chi connectivity index (χ0v) is 15.4. The molecule has 1 aliphatic carbocycles. The first-order chi connectivity index (χ1) is 12.1. The number of amides is 1. The lowest BCUT2D eigenvalue weighted by Gasteiger charge is -2.26.